The molecule has 2 aliphatic heterocycles. The molecule has 10 nitrogen and oxygen atoms in total. The standard InChI is InChI=1S/C32H38F4N8O2S2/c1-20(42-10-12-43(13-11-42)48(3,45)46)18-44-24(17-37)14-26-21(2)22(4-5-28(26)44)19-41-8-6-23(7-9-41)38-29-27-15-25(16-32(34,35)36)47-30(27)40-31(33)39-29/h4-5,14-15,20,23H,6-13,16,18-19H2,1-3H3,(H,38,39,40)/t20-/m0/s1. The van der Waals surface area contributed by atoms with E-state index in [9.17, 15) is 31.2 Å². The molecule has 5 heterocycles. The summed E-state index contributed by atoms with van der Waals surface area (Å²) in [6.45, 7) is 9.26. The molecule has 6 rings (SSSR count). The number of fused-ring (bicyclic) bond motifs is 2. The van der Waals surface area contributed by atoms with Gasteiger partial charge in [0.05, 0.1) is 18.1 Å². The number of anilines is 1. The van der Waals surface area contributed by atoms with Gasteiger partial charge in [-0.3, -0.25) is 9.80 Å². The molecular weight excluding hydrogens is 669 g/mol. The summed E-state index contributed by atoms with van der Waals surface area (Å²) in [7, 11) is -3.21. The number of likely N-dealkylation sites (tertiary alicyclic amines) is 1. The molecule has 0 bridgehead atoms. The number of nitrogens with one attached hydrogen (secondary N) is 1. The summed E-state index contributed by atoms with van der Waals surface area (Å²) in [4.78, 5) is 12.5. The van der Waals surface area contributed by atoms with Crippen molar-refractivity contribution in [2.75, 3.05) is 50.8 Å². The van der Waals surface area contributed by atoms with E-state index in [0.717, 1.165) is 65.8 Å². The van der Waals surface area contributed by atoms with Crippen molar-refractivity contribution in [1.82, 2.24) is 28.6 Å². The highest BCUT2D eigenvalue weighted by Crippen LogP contribution is 2.34. The van der Waals surface area contributed by atoms with Crippen molar-refractivity contribution in [2.24, 2.45) is 0 Å². The number of sulfonamides is 1. The van der Waals surface area contributed by atoms with Crippen molar-refractivity contribution in [1.29, 1.82) is 5.26 Å². The first kappa shape index (κ1) is 34.5. The van der Waals surface area contributed by atoms with Crippen LogP contribution in [0.15, 0.2) is 24.3 Å². The fourth-order valence-electron chi connectivity index (χ4n) is 6.85. The smallest absolute Gasteiger partial charge is 0.367 e. The van der Waals surface area contributed by atoms with E-state index in [0.29, 0.717) is 43.8 Å². The number of nitriles is 1. The van der Waals surface area contributed by atoms with Crippen molar-refractivity contribution in [2.45, 2.75) is 64.5 Å². The minimum Gasteiger partial charge on any atom is -0.367 e. The second kappa shape index (κ2) is 13.5. The number of alkyl halides is 3. The van der Waals surface area contributed by atoms with Crippen LogP contribution >= 0.6 is 11.3 Å². The molecule has 0 unspecified atom stereocenters. The minimum absolute atomic E-state index is 0.0168. The Morgan fingerprint density at radius 3 is 2.44 bits per heavy atom. The Labute approximate surface area is 281 Å². The van der Waals surface area contributed by atoms with Crippen LogP contribution in [0.25, 0.3) is 21.1 Å². The average molecular weight is 707 g/mol. The van der Waals surface area contributed by atoms with Crippen LogP contribution < -0.4 is 5.32 Å². The molecule has 1 atom stereocenters. The zero-order chi connectivity index (χ0) is 34.4. The van der Waals surface area contributed by atoms with Crippen LogP contribution in [0.5, 0.6) is 0 Å². The summed E-state index contributed by atoms with van der Waals surface area (Å²) in [6, 6.07) is 9.99. The Kier molecular flexibility index (Phi) is 9.71. The Hall–Kier alpha value is -3.36. The minimum atomic E-state index is -4.36. The Morgan fingerprint density at radius 1 is 1.08 bits per heavy atom. The van der Waals surface area contributed by atoms with Gasteiger partial charge in [-0.2, -0.15) is 37.1 Å². The molecule has 3 aromatic heterocycles. The molecular formula is C32H38F4N8O2S2. The van der Waals surface area contributed by atoms with Gasteiger partial charge < -0.3 is 9.88 Å². The van der Waals surface area contributed by atoms with Gasteiger partial charge in [0.15, 0.2) is 0 Å². The van der Waals surface area contributed by atoms with Gasteiger partial charge in [-0.15, -0.1) is 11.3 Å². The molecule has 1 N–H and O–H groups in total. The third kappa shape index (κ3) is 7.60. The molecule has 0 saturated carbocycles. The molecule has 48 heavy (non-hydrogen) atoms. The summed E-state index contributed by atoms with van der Waals surface area (Å²) in [5.74, 6) is 0.227. The summed E-state index contributed by atoms with van der Waals surface area (Å²) >= 11 is 0.831. The highest BCUT2D eigenvalue weighted by Gasteiger charge is 2.30. The Balaban J connectivity index is 1.09. The van der Waals surface area contributed by atoms with E-state index in [4.69, 9.17) is 0 Å². The summed E-state index contributed by atoms with van der Waals surface area (Å²) in [6.07, 6.45) is -3.68. The van der Waals surface area contributed by atoms with Crippen LogP contribution in [0.4, 0.5) is 23.4 Å². The van der Waals surface area contributed by atoms with E-state index >= 15 is 0 Å². The van der Waals surface area contributed by atoms with Crippen LogP contribution in [-0.2, 0) is 29.5 Å². The molecule has 2 aliphatic rings. The van der Waals surface area contributed by atoms with E-state index in [1.54, 1.807) is 0 Å². The zero-order valence-corrected chi connectivity index (χ0v) is 28.7. The monoisotopic (exact) mass is 706 g/mol. The third-order valence-corrected chi connectivity index (χ3v) is 11.8. The maximum atomic E-state index is 14.2. The van der Waals surface area contributed by atoms with Crippen molar-refractivity contribution in [3.05, 3.63) is 52.0 Å². The van der Waals surface area contributed by atoms with Gasteiger partial charge in [-0.1, -0.05) is 6.07 Å². The fourth-order valence-corrected chi connectivity index (χ4v) is 8.72. The first-order valence-corrected chi connectivity index (χ1v) is 18.6. The normalized spacial score (nSPS) is 18.5. The first-order valence-electron chi connectivity index (χ1n) is 15.9. The quantitative estimate of drug-likeness (QED) is 0.189. The molecule has 2 saturated heterocycles. The average Bonchev–Trinajstić information content (AvgIpc) is 3.58. The van der Waals surface area contributed by atoms with Gasteiger partial charge in [-0.25, -0.2) is 8.42 Å². The molecule has 258 valence electrons. The predicted molar refractivity (Wildman–Crippen MR) is 178 cm³/mol. The molecule has 0 radical (unpaired) electrons. The predicted octanol–water partition coefficient (Wildman–Crippen LogP) is 5.11. The first-order chi connectivity index (χ1) is 22.7. The van der Waals surface area contributed by atoms with Gasteiger partial charge in [0, 0.05) is 80.2 Å². The number of hydrogen-bond acceptors (Lipinski definition) is 9. The Bertz CT molecular complexity index is 1950. The Morgan fingerprint density at radius 2 is 1.79 bits per heavy atom. The van der Waals surface area contributed by atoms with Crippen LogP contribution in [-0.4, -0.2) is 101 Å². The molecule has 0 aliphatic carbocycles. The molecule has 2 fully saturated rings. The number of piperazine rings is 1. The summed E-state index contributed by atoms with van der Waals surface area (Å²) in [5.41, 5.74) is 3.86. The second-order valence-electron chi connectivity index (χ2n) is 12.8. The third-order valence-electron chi connectivity index (χ3n) is 9.51. The van der Waals surface area contributed by atoms with E-state index in [1.807, 2.05) is 6.07 Å². The number of aryl methyl sites for hydroxylation is 1. The molecule has 16 heteroatoms. The van der Waals surface area contributed by atoms with Gasteiger partial charge >= 0.3 is 12.3 Å². The fraction of sp³-hybridized carbons (Fsp3) is 0.531. The van der Waals surface area contributed by atoms with Gasteiger partial charge in [0.2, 0.25) is 10.0 Å². The lowest BCUT2D eigenvalue weighted by Gasteiger charge is -2.37. The number of thiophene rings is 1. The van der Waals surface area contributed by atoms with Gasteiger partial charge in [-0.05, 0) is 56.0 Å². The van der Waals surface area contributed by atoms with E-state index in [-0.39, 0.29) is 27.6 Å². The molecule has 0 amide bonds. The number of halogens is 4. The van der Waals surface area contributed by atoms with Crippen LogP contribution in [0.2, 0.25) is 0 Å². The van der Waals surface area contributed by atoms with E-state index in [1.165, 1.54) is 16.6 Å². The maximum Gasteiger partial charge on any atom is 0.393 e. The van der Waals surface area contributed by atoms with E-state index in [2.05, 4.69) is 61.7 Å². The molecule has 0 spiro atoms. The maximum absolute atomic E-state index is 14.2. The number of nitrogens with zero attached hydrogens (tertiary/aromatic N) is 7. The lowest BCUT2D eigenvalue weighted by molar-refractivity contribution is -0.126. The van der Waals surface area contributed by atoms with Crippen molar-refractivity contribution in [3.8, 4) is 6.07 Å². The van der Waals surface area contributed by atoms with Crippen molar-refractivity contribution in [3.63, 3.8) is 0 Å². The molecule has 1 aromatic carbocycles. The summed E-state index contributed by atoms with van der Waals surface area (Å²) in [5, 5.41) is 14.7. The van der Waals surface area contributed by atoms with E-state index < -0.39 is 28.7 Å². The lowest BCUT2D eigenvalue weighted by Crippen LogP contribution is -2.51. The second-order valence-corrected chi connectivity index (χ2v) is 15.9. The molecule has 4 aromatic rings. The van der Waals surface area contributed by atoms with Crippen LogP contribution in [0, 0.1) is 24.3 Å². The highest BCUT2D eigenvalue weighted by molar-refractivity contribution is 7.88. The number of rotatable bonds is 9. The van der Waals surface area contributed by atoms with Crippen LogP contribution in [0.3, 0.4) is 0 Å². The SMILES string of the molecule is Cc1c(CN2CCC(Nc3nc(F)nc4sc(CC(F)(F)F)cc34)CC2)ccc2c1cc(C#N)n2C[C@H](C)N1CCN(S(C)(=O)=O)CC1. The van der Waals surface area contributed by atoms with Gasteiger partial charge in [0.1, 0.15) is 22.4 Å². The van der Waals surface area contributed by atoms with Crippen molar-refractivity contribution < 1.29 is 26.0 Å². The van der Waals surface area contributed by atoms with Crippen LogP contribution in [0.1, 0.15) is 41.5 Å². The number of piperidine rings is 1. The largest absolute Gasteiger partial charge is 0.393 e. The number of aromatic nitrogens is 3. The lowest BCUT2D eigenvalue weighted by atomic mass is 10.0. The van der Waals surface area contributed by atoms with Crippen molar-refractivity contribution >= 4 is 48.3 Å². The topological polar surface area (TPSA) is 110 Å². The summed E-state index contributed by atoms with van der Waals surface area (Å²) < 4.78 is 80.4. The van der Waals surface area contributed by atoms with Gasteiger partial charge in [0.25, 0.3) is 0 Å². The zero-order valence-electron chi connectivity index (χ0n) is 27.0. The highest BCUT2D eigenvalue weighted by atomic mass is 32.2. The number of hydrogen-bond donors (Lipinski definition) is 1. The number of benzene rings is 1.